The Morgan fingerprint density at radius 3 is 2.96 bits per heavy atom. The van der Waals surface area contributed by atoms with Gasteiger partial charge in [-0.25, -0.2) is 13.6 Å². The van der Waals surface area contributed by atoms with Crippen LogP contribution in [0.2, 0.25) is 0 Å². The summed E-state index contributed by atoms with van der Waals surface area (Å²) in [6, 6.07) is 7.38. The Kier molecular flexibility index (Phi) is 5.73. The lowest BCUT2D eigenvalue weighted by molar-refractivity contribution is 0.201. The molecule has 0 saturated carbocycles. The highest BCUT2D eigenvalue weighted by molar-refractivity contribution is 7.99. The molecule has 3 nitrogen and oxygen atoms in total. The van der Waals surface area contributed by atoms with Crippen LogP contribution in [0.15, 0.2) is 35.7 Å². The first-order valence-electron chi connectivity index (χ1n) is 7.75. The normalized spacial score (nSPS) is 18.2. The van der Waals surface area contributed by atoms with Gasteiger partial charge in [0.1, 0.15) is 11.6 Å². The van der Waals surface area contributed by atoms with Crippen molar-refractivity contribution in [2.45, 2.75) is 18.2 Å². The Hall–Kier alpha value is -1.60. The number of nitrogens with zero attached hydrogens (tertiary/aromatic N) is 1. The van der Waals surface area contributed by atoms with Crippen molar-refractivity contribution in [3.8, 4) is 0 Å². The molecule has 0 radical (unpaired) electrons. The number of nitrogens with one attached hydrogen (secondary N) is 1. The van der Waals surface area contributed by atoms with Crippen LogP contribution in [0, 0.1) is 11.6 Å². The van der Waals surface area contributed by atoms with Gasteiger partial charge in [0.05, 0.1) is 6.54 Å². The molecule has 0 unspecified atom stereocenters. The van der Waals surface area contributed by atoms with E-state index in [-0.39, 0.29) is 17.1 Å². The highest BCUT2D eigenvalue weighted by Crippen LogP contribution is 2.36. The fraction of sp³-hybridized carbons (Fsp3) is 0.353. The first-order valence-corrected chi connectivity index (χ1v) is 9.68. The summed E-state index contributed by atoms with van der Waals surface area (Å²) >= 11 is 3.17. The van der Waals surface area contributed by atoms with E-state index < -0.39 is 5.82 Å². The zero-order valence-electron chi connectivity index (χ0n) is 13.0. The summed E-state index contributed by atoms with van der Waals surface area (Å²) in [5, 5.41) is 4.76. The zero-order chi connectivity index (χ0) is 16.9. The lowest BCUT2D eigenvalue weighted by atomic mass is 10.1. The van der Waals surface area contributed by atoms with Crippen molar-refractivity contribution in [2.75, 3.05) is 18.8 Å². The molecule has 0 spiro atoms. The van der Waals surface area contributed by atoms with E-state index in [0.29, 0.717) is 37.4 Å². The van der Waals surface area contributed by atoms with E-state index in [4.69, 9.17) is 0 Å². The summed E-state index contributed by atoms with van der Waals surface area (Å²) in [6.45, 7) is 1.65. The Labute approximate surface area is 148 Å². The topological polar surface area (TPSA) is 32.3 Å². The molecule has 2 amide bonds. The fourth-order valence-electron chi connectivity index (χ4n) is 2.67. The second kappa shape index (κ2) is 7.98. The van der Waals surface area contributed by atoms with Gasteiger partial charge < -0.3 is 10.2 Å². The molecule has 1 saturated heterocycles. The van der Waals surface area contributed by atoms with Gasteiger partial charge in [0.15, 0.2) is 0 Å². The van der Waals surface area contributed by atoms with E-state index in [1.165, 1.54) is 12.1 Å². The molecule has 7 heteroatoms. The molecule has 1 aliphatic rings. The maximum Gasteiger partial charge on any atom is 0.317 e. The van der Waals surface area contributed by atoms with Crippen molar-refractivity contribution in [3.63, 3.8) is 0 Å². The Morgan fingerprint density at radius 2 is 2.17 bits per heavy atom. The van der Waals surface area contributed by atoms with Crippen LogP contribution in [0.4, 0.5) is 13.6 Å². The lowest BCUT2D eigenvalue weighted by Crippen LogP contribution is -2.40. The van der Waals surface area contributed by atoms with Gasteiger partial charge in [0, 0.05) is 34.5 Å². The molecule has 1 aromatic carbocycles. The van der Waals surface area contributed by atoms with Gasteiger partial charge in [0.25, 0.3) is 0 Å². The van der Waals surface area contributed by atoms with Crippen LogP contribution in [-0.4, -0.2) is 29.8 Å². The second-order valence-corrected chi connectivity index (χ2v) is 7.88. The molecule has 1 atom stereocenters. The molecule has 2 heterocycles. The summed E-state index contributed by atoms with van der Waals surface area (Å²) < 4.78 is 27.3. The quantitative estimate of drug-likeness (QED) is 0.870. The van der Waals surface area contributed by atoms with Gasteiger partial charge in [0.2, 0.25) is 0 Å². The van der Waals surface area contributed by atoms with E-state index in [2.05, 4.69) is 5.32 Å². The SMILES string of the molecule is O=C(NCc1cccs1)N1CCS[C@@H](c2cc(F)ccc2F)CC1. The Morgan fingerprint density at radius 1 is 1.29 bits per heavy atom. The number of thioether (sulfide) groups is 1. The third-order valence-electron chi connectivity index (χ3n) is 3.93. The van der Waals surface area contributed by atoms with Crippen molar-refractivity contribution >= 4 is 29.1 Å². The van der Waals surface area contributed by atoms with Crippen molar-refractivity contribution < 1.29 is 13.6 Å². The van der Waals surface area contributed by atoms with E-state index in [1.54, 1.807) is 28.0 Å². The predicted octanol–water partition coefficient (Wildman–Crippen LogP) is 4.42. The minimum absolute atomic E-state index is 0.107. The molecule has 128 valence electrons. The maximum atomic E-state index is 13.9. The zero-order valence-corrected chi connectivity index (χ0v) is 14.6. The minimum Gasteiger partial charge on any atom is -0.333 e. The van der Waals surface area contributed by atoms with E-state index in [0.717, 1.165) is 10.9 Å². The first-order chi connectivity index (χ1) is 11.6. The maximum absolute atomic E-state index is 13.9. The van der Waals surface area contributed by atoms with E-state index >= 15 is 0 Å². The van der Waals surface area contributed by atoms with Crippen molar-refractivity contribution in [3.05, 3.63) is 57.8 Å². The van der Waals surface area contributed by atoms with Gasteiger partial charge in [-0.15, -0.1) is 11.3 Å². The Bertz CT molecular complexity index is 694. The number of amides is 2. The third kappa shape index (κ3) is 4.27. The first kappa shape index (κ1) is 17.2. The highest BCUT2D eigenvalue weighted by Gasteiger charge is 2.24. The van der Waals surface area contributed by atoms with Gasteiger partial charge in [-0.05, 0) is 36.1 Å². The number of carbonyl (C=O) groups excluding carboxylic acids is 1. The predicted molar refractivity (Wildman–Crippen MR) is 94.3 cm³/mol. The molecule has 1 fully saturated rings. The number of halogens is 2. The number of hydrogen-bond donors (Lipinski definition) is 1. The van der Waals surface area contributed by atoms with E-state index in [9.17, 15) is 13.6 Å². The van der Waals surface area contributed by atoms with Gasteiger partial charge in [-0.2, -0.15) is 11.8 Å². The number of urea groups is 1. The summed E-state index contributed by atoms with van der Waals surface area (Å²) in [7, 11) is 0. The molecule has 0 bridgehead atoms. The number of hydrogen-bond acceptors (Lipinski definition) is 3. The fourth-order valence-corrected chi connectivity index (χ4v) is 4.56. The van der Waals surface area contributed by atoms with Crippen LogP contribution in [0.5, 0.6) is 0 Å². The molecule has 24 heavy (non-hydrogen) atoms. The Balaban J connectivity index is 1.58. The van der Waals surface area contributed by atoms with Crippen LogP contribution < -0.4 is 5.32 Å². The largest absolute Gasteiger partial charge is 0.333 e. The average molecular weight is 368 g/mol. The molecule has 0 aliphatic carbocycles. The molecule has 1 N–H and O–H groups in total. The average Bonchev–Trinajstić information content (AvgIpc) is 2.98. The van der Waals surface area contributed by atoms with E-state index in [1.807, 2.05) is 17.5 Å². The lowest BCUT2D eigenvalue weighted by Gasteiger charge is -2.20. The van der Waals surface area contributed by atoms with Crippen LogP contribution in [-0.2, 0) is 6.54 Å². The number of thiophene rings is 1. The smallest absolute Gasteiger partial charge is 0.317 e. The van der Waals surface area contributed by atoms with Crippen LogP contribution >= 0.6 is 23.1 Å². The summed E-state index contributed by atoms with van der Waals surface area (Å²) in [5.74, 6) is -0.112. The summed E-state index contributed by atoms with van der Waals surface area (Å²) in [4.78, 5) is 15.1. The highest BCUT2D eigenvalue weighted by atomic mass is 32.2. The molecule has 3 rings (SSSR count). The second-order valence-electron chi connectivity index (χ2n) is 5.54. The monoisotopic (exact) mass is 368 g/mol. The number of carbonyl (C=O) groups is 1. The van der Waals surface area contributed by atoms with Crippen molar-refractivity contribution in [1.82, 2.24) is 10.2 Å². The molecule has 1 aliphatic heterocycles. The summed E-state index contributed by atoms with van der Waals surface area (Å²) in [5.41, 5.74) is 0.390. The molecular weight excluding hydrogens is 350 g/mol. The number of rotatable bonds is 3. The van der Waals surface area contributed by atoms with Gasteiger partial charge in [-0.1, -0.05) is 6.07 Å². The standard InChI is InChI=1S/C17H18F2N2OS2/c18-12-3-4-15(19)14(10-12)16-5-6-21(7-9-24-16)17(22)20-11-13-2-1-8-23-13/h1-4,8,10,16H,5-7,9,11H2,(H,20,22)/t16-/m1/s1. The van der Waals surface area contributed by atoms with Crippen LogP contribution in [0.25, 0.3) is 0 Å². The molecule has 1 aromatic heterocycles. The van der Waals surface area contributed by atoms with Crippen LogP contribution in [0.1, 0.15) is 22.1 Å². The van der Waals surface area contributed by atoms with Crippen LogP contribution in [0.3, 0.4) is 0 Å². The number of benzene rings is 1. The summed E-state index contributed by atoms with van der Waals surface area (Å²) in [6.07, 6.45) is 0.609. The van der Waals surface area contributed by atoms with Gasteiger partial charge in [-0.3, -0.25) is 0 Å². The van der Waals surface area contributed by atoms with Crippen molar-refractivity contribution in [2.24, 2.45) is 0 Å². The molecule has 2 aromatic rings. The van der Waals surface area contributed by atoms with Crippen molar-refractivity contribution in [1.29, 1.82) is 0 Å². The minimum atomic E-state index is -0.429. The molecular formula is C17H18F2N2OS2. The van der Waals surface area contributed by atoms with Gasteiger partial charge >= 0.3 is 6.03 Å². The third-order valence-corrected chi connectivity index (χ3v) is 6.11.